The van der Waals surface area contributed by atoms with E-state index in [-0.39, 0.29) is 27.8 Å². The first kappa shape index (κ1) is 33.3. The van der Waals surface area contributed by atoms with Gasteiger partial charge in [0.15, 0.2) is 0 Å². The number of ether oxygens (including phenoxy) is 2. The number of halogens is 1. The number of nitrogens with one attached hydrogen (secondary N) is 2. The van der Waals surface area contributed by atoms with Gasteiger partial charge in [-0.2, -0.15) is 15.0 Å². The molecule has 0 spiro atoms. The molecular formula is C21H25ClN3O10SSnW-. The smallest absolute Gasteiger partial charge is 0.397 e. The van der Waals surface area contributed by atoms with E-state index in [9.17, 15) is 13.5 Å². The predicted octanol–water partition coefficient (Wildman–Crippen LogP) is -0.0179. The summed E-state index contributed by atoms with van der Waals surface area (Å²) in [6.45, 7) is 0.158. The minimum absolute atomic E-state index is 0. The average molecular weight is 850 g/mol. The van der Waals surface area contributed by atoms with Gasteiger partial charge in [0.25, 0.3) is 0 Å². The number of hydrogen-bond donors (Lipinski definition) is 7. The Morgan fingerprint density at radius 3 is 2.53 bits per heavy atom. The van der Waals surface area contributed by atoms with Crippen LogP contribution in [0.2, 0.25) is 5.02 Å². The van der Waals surface area contributed by atoms with Gasteiger partial charge in [0.1, 0.15) is 6.10 Å². The number of aliphatic hydroxyl groups is 4. The van der Waals surface area contributed by atoms with Crippen LogP contribution in [0.25, 0.3) is 21.8 Å². The quantitative estimate of drug-likeness (QED) is 0.0399. The zero-order valence-electron chi connectivity index (χ0n) is 19.7. The summed E-state index contributed by atoms with van der Waals surface area (Å²) in [5.74, 6) is 0.784. The Morgan fingerprint density at radius 1 is 1.13 bits per heavy atom. The third-order valence-corrected chi connectivity index (χ3v) is 7.85. The molecule has 2 radical (unpaired) electrons. The first-order valence-corrected chi connectivity index (χ1v) is 15.2. The molecule has 0 saturated carbocycles. The molecule has 0 aliphatic carbocycles. The third kappa shape index (κ3) is 9.07. The predicted molar refractivity (Wildman–Crippen MR) is 135 cm³/mol. The Hall–Kier alpha value is -0.883. The number of methoxy groups -OCH3 is 1. The van der Waals surface area contributed by atoms with E-state index in [1.807, 2.05) is 36.4 Å². The summed E-state index contributed by atoms with van der Waals surface area (Å²) in [5, 5.41) is 39.0. The summed E-state index contributed by atoms with van der Waals surface area (Å²) in [5.41, 5.74) is 2.72. The topological polar surface area (TPSA) is 200 Å². The van der Waals surface area contributed by atoms with Crippen LogP contribution < -0.4 is 11.8 Å². The van der Waals surface area contributed by atoms with E-state index >= 15 is 0 Å². The van der Waals surface area contributed by atoms with Crippen molar-refractivity contribution in [3.63, 3.8) is 0 Å². The van der Waals surface area contributed by atoms with Crippen molar-refractivity contribution in [3.05, 3.63) is 48.0 Å². The molecular weight excluding hydrogens is 824 g/mol. The number of rotatable bonds is 8. The van der Waals surface area contributed by atoms with E-state index in [1.54, 1.807) is 7.11 Å². The molecule has 1 aliphatic rings. The fourth-order valence-electron chi connectivity index (χ4n) is 3.36. The number of aliphatic hydroxyl groups excluding tert-OH is 4. The van der Waals surface area contributed by atoms with Crippen molar-refractivity contribution < 1.29 is 68.1 Å². The van der Waals surface area contributed by atoms with Crippen LogP contribution in [-0.2, 0) is 40.4 Å². The second-order valence-corrected chi connectivity index (χ2v) is 11.6. The summed E-state index contributed by atoms with van der Waals surface area (Å²) in [4.78, 5) is 4.67. The van der Waals surface area contributed by atoms with Crippen LogP contribution in [-0.4, -0.2) is 105 Å². The molecule has 2 heterocycles. The van der Waals surface area contributed by atoms with Gasteiger partial charge in [-0.15, -0.1) is 0 Å². The Labute approximate surface area is 248 Å². The fraction of sp³-hybridized carbons (Fsp3) is 0.333. The Bertz CT molecular complexity index is 1330. The van der Waals surface area contributed by atoms with Crippen molar-refractivity contribution in [2.24, 2.45) is 0 Å². The minimum Gasteiger partial charge on any atom is -0.544 e. The first-order chi connectivity index (χ1) is 17.5. The summed E-state index contributed by atoms with van der Waals surface area (Å²) >= 11 is 4.95. The first-order valence-electron chi connectivity index (χ1n) is 10.6. The van der Waals surface area contributed by atoms with Gasteiger partial charge in [0.2, 0.25) is 0 Å². The SMILES string of the molecule is COc1ccc2nc3cc(Cl)ccc3c([NH][Sn][NH]CO)c2c1.O=S(=O)(O)OCC1O[CH-]C(O)C(O)C1O.[W]. The Balaban J connectivity index is 0.000000280. The van der Waals surface area contributed by atoms with E-state index in [1.165, 1.54) is 0 Å². The monoisotopic (exact) mass is 850 g/mol. The zero-order valence-corrected chi connectivity index (χ0v) is 27.0. The zero-order chi connectivity index (χ0) is 27.2. The molecule has 1 fully saturated rings. The van der Waals surface area contributed by atoms with Crippen molar-refractivity contribution in [2.45, 2.75) is 24.4 Å². The van der Waals surface area contributed by atoms with Gasteiger partial charge < -0.3 is 20.1 Å². The number of fused-ring (bicyclic) bond motifs is 2. The Morgan fingerprint density at radius 2 is 1.87 bits per heavy atom. The second kappa shape index (κ2) is 15.2. The second-order valence-electron chi connectivity index (χ2n) is 7.61. The molecule has 13 nitrogen and oxygen atoms in total. The van der Waals surface area contributed by atoms with E-state index in [2.05, 4.69) is 21.0 Å². The molecule has 3 aromatic rings. The molecule has 1 saturated heterocycles. The van der Waals surface area contributed by atoms with Crippen LogP contribution in [0, 0.1) is 6.61 Å². The summed E-state index contributed by atoms with van der Waals surface area (Å²) in [6.07, 6.45) is -5.53. The number of hydrogen-bond acceptors (Lipinski definition) is 12. The van der Waals surface area contributed by atoms with Gasteiger partial charge in [-0.3, -0.25) is 4.55 Å². The van der Waals surface area contributed by atoms with E-state index in [0.717, 1.165) is 39.8 Å². The number of benzene rings is 2. The van der Waals surface area contributed by atoms with Crippen molar-refractivity contribution in [1.29, 1.82) is 0 Å². The van der Waals surface area contributed by atoms with Crippen LogP contribution in [0.5, 0.6) is 5.75 Å². The molecule has 17 heteroatoms. The van der Waals surface area contributed by atoms with Crippen molar-refractivity contribution in [1.82, 2.24) is 8.52 Å². The van der Waals surface area contributed by atoms with E-state index in [0.29, 0.717) is 5.02 Å². The van der Waals surface area contributed by atoms with E-state index in [4.69, 9.17) is 36.2 Å². The summed E-state index contributed by atoms with van der Waals surface area (Å²) < 4.78 is 49.1. The van der Waals surface area contributed by atoms with Gasteiger partial charge >= 0.3 is 154 Å². The average Bonchev–Trinajstić information content (AvgIpc) is 2.86. The van der Waals surface area contributed by atoms with Crippen molar-refractivity contribution in [2.75, 3.05) is 24.0 Å². The normalized spacial score (nSPS) is 21.3. The molecule has 208 valence electrons. The molecule has 1 aliphatic heterocycles. The maximum atomic E-state index is 10.2. The maximum absolute atomic E-state index is 10.2. The molecule has 0 amide bonds. The molecule has 4 unspecified atom stereocenters. The molecule has 0 bridgehead atoms. The van der Waals surface area contributed by atoms with Crippen LogP contribution in [0.15, 0.2) is 36.4 Å². The summed E-state index contributed by atoms with van der Waals surface area (Å²) in [7, 11) is -2.98. The molecule has 7 N–H and O–H groups in total. The maximum Gasteiger partial charge on any atom is 0.397 e. The van der Waals surface area contributed by atoms with Crippen LogP contribution in [0.1, 0.15) is 0 Å². The molecule has 38 heavy (non-hydrogen) atoms. The van der Waals surface area contributed by atoms with Gasteiger partial charge in [0, 0.05) is 21.1 Å². The molecule has 4 atom stereocenters. The largest absolute Gasteiger partial charge is 0.544 e. The fourth-order valence-corrected chi connectivity index (χ4v) is 5.44. The number of aromatic nitrogens is 1. The molecule has 4 rings (SSSR count). The minimum atomic E-state index is -4.63. The van der Waals surface area contributed by atoms with E-state index < -0.39 is 63.1 Å². The standard InChI is InChI=1S/C14H10ClN2O.C6H11O8S.CH4NO.Sn.W/c1-18-9-3-5-12-11(7-9)14(16)10-4-2-8(15)6-13(10)17-12;7-3-1-13-4(6(9)5(3)8)2-14-15(10,11)12;2-1-3;;/h2-7H,1H3,(H-,16,17);1,3-9H,2H2,(H,10,11,12);2-3H,1H2;;/q3*-1;+2;. The summed E-state index contributed by atoms with van der Waals surface area (Å²) in [6, 6.07) is 11.5. The van der Waals surface area contributed by atoms with Gasteiger partial charge in [-0.05, 0) is 6.10 Å². The molecule has 2 aromatic carbocycles. The van der Waals surface area contributed by atoms with Crippen LogP contribution >= 0.6 is 11.6 Å². The molecule has 1 aromatic heterocycles. The number of anilines is 1. The van der Waals surface area contributed by atoms with Gasteiger partial charge in [0.05, 0.1) is 18.8 Å². The van der Waals surface area contributed by atoms with Gasteiger partial charge in [-0.25, -0.2) is 4.18 Å². The number of pyridine rings is 1. The van der Waals surface area contributed by atoms with Crippen LogP contribution in [0.3, 0.4) is 0 Å². The third-order valence-electron chi connectivity index (χ3n) is 5.15. The van der Waals surface area contributed by atoms with Crippen molar-refractivity contribution in [3.8, 4) is 5.75 Å². The van der Waals surface area contributed by atoms with Gasteiger partial charge in [-0.1, -0.05) is 0 Å². The number of nitrogens with zero attached hydrogens (tertiary/aromatic N) is 1. The van der Waals surface area contributed by atoms with Crippen molar-refractivity contribution >= 4 is 71.2 Å². The van der Waals surface area contributed by atoms with Crippen LogP contribution in [0.4, 0.5) is 5.69 Å². The Kier molecular flexibility index (Phi) is 13.3.